The maximum atomic E-state index is 13.9. The number of hydrogen-bond acceptors (Lipinski definition) is 4. The van der Waals surface area contributed by atoms with Crippen LogP contribution in [-0.4, -0.2) is 33.6 Å². The zero-order chi connectivity index (χ0) is 21.9. The van der Waals surface area contributed by atoms with Gasteiger partial charge in [0.05, 0.1) is 11.0 Å². The summed E-state index contributed by atoms with van der Waals surface area (Å²) in [6, 6.07) is 11.0. The van der Waals surface area contributed by atoms with E-state index >= 15 is 0 Å². The van der Waals surface area contributed by atoms with E-state index in [-0.39, 0.29) is 11.7 Å². The van der Waals surface area contributed by atoms with Gasteiger partial charge in [-0.25, -0.2) is 14.2 Å². The Hall–Kier alpha value is -3.42. The molecule has 0 saturated carbocycles. The van der Waals surface area contributed by atoms with Crippen molar-refractivity contribution in [1.82, 2.24) is 15.3 Å². The zero-order valence-electron chi connectivity index (χ0n) is 17.4. The van der Waals surface area contributed by atoms with Crippen molar-refractivity contribution >= 4 is 28.7 Å². The highest BCUT2D eigenvalue weighted by atomic mass is 19.1. The minimum Gasteiger partial charge on any atom is -0.444 e. The van der Waals surface area contributed by atoms with Gasteiger partial charge in [-0.1, -0.05) is 18.2 Å². The molecular formula is C22H25FN4O3. The largest absolute Gasteiger partial charge is 0.444 e. The molecule has 2 aromatic carbocycles. The molecule has 0 radical (unpaired) electrons. The van der Waals surface area contributed by atoms with Crippen LogP contribution in [0.3, 0.4) is 0 Å². The van der Waals surface area contributed by atoms with E-state index in [9.17, 15) is 14.0 Å². The molecular weight excluding hydrogens is 387 g/mol. The van der Waals surface area contributed by atoms with Crippen LogP contribution < -0.4 is 10.6 Å². The second-order valence-electron chi connectivity index (χ2n) is 8.04. The molecule has 0 bridgehead atoms. The van der Waals surface area contributed by atoms with E-state index in [2.05, 4.69) is 20.6 Å². The van der Waals surface area contributed by atoms with Crippen LogP contribution in [0.4, 0.5) is 14.9 Å². The van der Waals surface area contributed by atoms with Gasteiger partial charge in [-0.2, -0.15) is 0 Å². The highest BCUT2D eigenvalue weighted by molar-refractivity contribution is 5.97. The Labute approximate surface area is 174 Å². The molecule has 0 aliphatic heterocycles. The molecule has 0 aliphatic carbocycles. The number of carbonyl (C=O) groups excluding carboxylic acids is 2. The quantitative estimate of drug-likeness (QED) is 0.587. The lowest BCUT2D eigenvalue weighted by Gasteiger charge is -2.21. The standard InChI is InChI=1S/C22H25FN4O3/c1-13(24-21(29)30-22(2,3)4)20(28)25-15-9-10-17-18(12-15)27-19(26-17)11-14-7-5-6-8-16(14)23/h5-10,12-13H,11H2,1-4H3,(H,24,29)(H,25,28)(H,26,27). The van der Waals surface area contributed by atoms with Gasteiger partial charge in [0.25, 0.3) is 0 Å². The maximum absolute atomic E-state index is 13.9. The number of anilines is 1. The monoisotopic (exact) mass is 412 g/mol. The predicted molar refractivity (Wildman–Crippen MR) is 113 cm³/mol. The first-order valence-corrected chi connectivity index (χ1v) is 9.63. The molecule has 7 nitrogen and oxygen atoms in total. The van der Waals surface area contributed by atoms with Crippen molar-refractivity contribution < 1.29 is 18.7 Å². The number of fused-ring (bicyclic) bond motifs is 1. The summed E-state index contributed by atoms with van der Waals surface area (Å²) in [6.45, 7) is 6.81. The van der Waals surface area contributed by atoms with Crippen LogP contribution in [0.15, 0.2) is 42.5 Å². The third kappa shape index (κ3) is 5.56. The highest BCUT2D eigenvalue weighted by Gasteiger charge is 2.21. The fourth-order valence-corrected chi connectivity index (χ4v) is 2.85. The average molecular weight is 412 g/mol. The second-order valence-corrected chi connectivity index (χ2v) is 8.04. The third-order valence-electron chi connectivity index (χ3n) is 4.24. The van der Waals surface area contributed by atoms with Gasteiger partial charge in [0.2, 0.25) is 5.91 Å². The molecule has 1 heterocycles. The van der Waals surface area contributed by atoms with Gasteiger partial charge in [-0.15, -0.1) is 0 Å². The number of benzene rings is 2. The van der Waals surface area contributed by atoms with Gasteiger partial charge in [0.15, 0.2) is 0 Å². The normalized spacial score (nSPS) is 12.4. The number of hydrogen-bond donors (Lipinski definition) is 3. The maximum Gasteiger partial charge on any atom is 0.408 e. The second kappa shape index (κ2) is 8.52. The van der Waals surface area contributed by atoms with E-state index in [0.717, 1.165) is 0 Å². The number of amides is 2. The van der Waals surface area contributed by atoms with Crippen molar-refractivity contribution in [3.05, 3.63) is 59.7 Å². The SMILES string of the molecule is CC(NC(=O)OC(C)(C)C)C(=O)Nc1ccc2nc(Cc3ccccc3F)[nH]c2c1. The molecule has 2 amide bonds. The lowest BCUT2D eigenvalue weighted by atomic mass is 10.1. The van der Waals surface area contributed by atoms with Gasteiger partial charge in [-0.3, -0.25) is 4.79 Å². The molecule has 0 saturated heterocycles. The number of halogens is 1. The molecule has 1 atom stereocenters. The Morgan fingerprint density at radius 1 is 1.20 bits per heavy atom. The molecule has 0 spiro atoms. The summed E-state index contributed by atoms with van der Waals surface area (Å²) in [6.07, 6.45) is -0.327. The lowest BCUT2D eigenvalue weighted by Crippen LogP contribution is -2.43. The van der Waals surface area contributed by atoms with Crippen molar-refractivity contribution in [1.29, 1.82) is 0 Å². The van der Waals surface area contributed by atoms with Crippen LogP contribution in [0.1, 0.15) is 39.1 Å². The molecule has 8 heteroatoms. The smallest absolute Gasteiger partial charge is 0.408 e. The first-order valence-electron chi connectivity index (χ1n) is 9.63. The van der Waals surface area contributed by atoms with E-state index in [1.807, 2.05) is 0 Å². The molecule has 0 aliphatic rings. The van der Waals surface area contributed by atoms with Crippen LogP contribution >= 0.6 is 0 Å². The van der Waals surface area contributed by atoms with E-state index in [4.69, 9.17) is 4.74 Å². The minimum absolute atomic E-state index is 0.280. The van der Waals surface area contributed by atoms with Crippen molar-refractivity contribution in [3.8, 4) is 0 Å². The topological polar surface area (TPSA) is 96.1 Å². The Kier molecular flexibility index (Phi) is 6.05. The minimum atomic E-state index is -0.783. The fourth-order valence-electron chi connectivity index (χ4n) is 2.85. The first-order chi connectivity index (χ1) is 14.1. The molecule has 158 valence electrons. The van der Waals surface area contributed by atoms with Crippen LogP contribution in [0.5, 0.6) is 0 Å². The number of rotatable bonds is 5. The molecule has 3 N–H and O–H groups in total. The van der Waals surface area contributed by atoms with Crippen molar-refractivity contribution in [2.24, 2.45) is 0 Å². The summed E-state index contributed by atoms with van der Waals surface area (Å²) in [5, 5.41) is 5.25. The van der Waals surface area contributed by atoms with Crippen LogP contribution in [0.2, 0.25) is 0 Å². The summed E-state index contributed by atoms with van der Waals surface area (Å²) < 4.78 is 19.0. The number of aromatic amines is 1. The van der Waals surface area contributed by atoms with Gasteiger partial charge >= 0.3 is 6.09 Å². The number of ether oxygens (including phenoxy) is 1. The molecule has 1 unspecified atom stereocenters. The number of nitrogens with zero attached hydrogens (tertiary/aromatic N) is 1. The number of nitrogens with one attached hydrogen (secondary N) is 3. The number of H-pyrrole nitrogens is 1. The van der Waals surface area contributed by atoms with Gasteiger partial charge in [0, 0.05) is 12.1 Å². The molecule has 30 heavy (non-hydrogen) atoms. The van der Waals surface area contributed by atoms with Gasteiger partial charge < -0.3 is 20.4 Å². The number of alkyl carbamates (subject to hydrolysis) is 1. The number of aromatic nitrogens is 2. The zero-order valence-corrected chi connectivity index (χ0v) is 17.4. The van der Waals surface area contributed by atoms with Gasteiger partial charge in [0.1, 0.15) is 23.3 Å². The van der Waals surface area contributed by atoms with Crippen LogP contribution in [0, 0.1) is 5.82 Å². The Balaban J connectivity index is 1.66. The summed E-state index contributed by atoms with van der Waals surface area (Å²) in [4.78, 5) is 31.8. The Bertz CT molecular complexity index is 1070. The van der Waals surface area contributed by atoms with Crippen molar-refractivity contribution in [3.63, 3.8) is 0 Å². The Morgan fingerprint density at radius 2 is 1.93 bits per heavy atom. The lowest BCUT2D eigenvalue weighted by molar-refractivity contribution is -0.117. The molecule has 1 aromatic heterocycles. The number of carbonyl (C=O) groups is 2. The fraction of sp³-hybridized carbons (Fsp3) is 0.318. The molecule has 0 fully saturated rings. The van der Waals surface area contributed by atoms with E-state index < -0.39 is 17.7 Å². The third-order valence-corrected chi connectivity index (χ3v) is 4.24. The van der Waals surface area contributed by atoms with E-state index in [1.165, 1.54) is 6.07 Å². The highest BCUT2D eigenvalue weighted by Crippen LogP contribution is 2.19. The first kappa shape index (κ1) is 21.3. The Morgan fingerprint density at radius 3 is 2.63 bits per heavy atom. The molecule has 3 aromatic rings. The summed E-state index contributed by atoms with van der Waals surface area (Å²) in [7, 11) is 0. The van der Waals surface area contributed by atoms with Gasteiger partial charge in [-0.05, 0) is 57.5 Å². The molecule has 3 rings (SSSR count). The van der Waals surface area contributed by atoms with E-state index in [0.29, 0.717) is 34.5 Å². The van der Waals surface area contributed by atoms with Crippen LogP contribution in [-0.2, 0) is 16.0 Å². The summed E-state index contributed by atoms with van der Waals surface area (Å²) in [5.74, 6) is -0.0396. The summed E-state index contributed by atoms with van der Waals surface area (Å²) >= 11 is 0. The summed E-state index contributed by atoms with van der Waals surface area (Å²) in [5.41, 5.74) is 1.87. The van der Waals surface area contributed by atoms with Crippen LogP contribution in [0.25, 0.3) is 11.0 Å². The van der Waals surface area contributed by atoms with Crippen molar-refractivity contribution in [2.45, 2.75) is 45.8 Å². The number of imidazole rings is 1. The van der Waals surface area contributed by atoms with E-state index in [1.54, 1.807) is 64.1 Å². The average Bonchev–Trinajstić information content (AvgIpc) is 3.03. The van der Waals surface area contributed by atoms with Crippen molar-refractivity contribution in [2.75, 3.05) is 5.32 Å². The predicted octanol–water partition coefficient (Wildman–Crippen LogP) is 4.14.